The summed E-state index contributed by atoms with van der Waals surface area (Å²) in [5.41, 5.74) is 2.69. The van der Waals surface area contributed by atoms with Crippen molar-refractivity contribution in [1.29, 1.82) is 0 Å². The number of rotatable bonds is 6. The van der Waals surface area contributed by atoms with Crippen LogP contribution in [0.4, 0.5) is 35.1 Å². The molecule has 0 radical (unpaired) electrons. The predicted molar refractivity (Wildman–Crippen MR) is 236 cm³/mol. The minimum Gasteiger partial charge on any atom is -0.400 e. The van der Waals surface area contributed by atoms with Gasteiger partial charge in [-0.2, -0.15) is 26.3 Å². The van der Waals surface area contributed by atoms with E-state index in [1.54, 1.807) is 54.6 Å². The van der Waals surface area contributed by atoms with Gasteiger partial charge in [0.2, 0.25) is 0 Å². The van der Waals surface area contributed by atoms with E-state index in [2.05, 4.69) is 25.9 Å². The lowest BCUT2D eigenvalue weighted by atomic mass is 9.70. The lowest BCUT2D eigenvalue weighted by Crippen LogP contribution is -2.41. The molecule has 2 aliphatic carbocycles. The molecule has 4 aromatic rings. The van der Waals surface area contributed by atoms with E-state index in [-0.39, 0.29) is 72.7 Å². The summed E-state index contributed by atoms with van der Waals surface area (Å²) in [7, 11) is -0.501. The van der Waals surface area contributed by atoms with E-state index in [9.17, 15) is 54.3 Å². The summed E-state index contributed by atoms with van der Waals surface area (Å²) >= 11 is 3.05. The molecule has 2 aromatic carbocycles. The van der Waals surface area contributed by atoms with Crippen molar-refractivity contribution in [2.24, 2.45) is 11.8 Å². The molecule has 0 saturated carbocycles. The Hall–Kier alpha value is -5.60. The Morgan fingerprint density at radius 3 is 1.43 bits per heavy atom. The highest BCUT2D eigenvalue weighted by molar-refractivity contribution is 9.10. The van der Waals surface area contributed by atoms with Crippen molar-refractivity contribution in [3.8, 4) is 0 Å². The number of alkyl halides is 6. The van der Waals surface area contributed by atoms with Crippen LogP contribution in [0.15, 0.2) is 95.2 Å². The van der Waals surface area contributed by atoms with Gasteiger partial charge >= 0.3 is 19.5 Å². The number of fused-ring (bicyclic) bond motifs is 2. The Morgan fingerprint density at radius 2 is 1.04 bits per heavy atom. The number of halogens is 9. The molecule has 2 aromatic heterocycles. The molecule has 68 heavy (non-hydrogen) atoms. The number of carbonyl (C=O) groups excluding carboxylic acids is 4. The highest BCUT2D eigenvalue weighted by atomic mass is 79.9. The third-order valence-electron chi connectivity index (χ3n) is 12.9. The van der Waals surface area contributed by atoms with Gasteiger partial charge in [0.25, 0.3) is 23.6 Å². The molecule has 3 aliphatic heterocycles. The van der Waals surface area contributed by atoms with Gasteiger partial charge in [-0.25, -0.2) is 8.78 Å². The van der Waals surface area contributed by atoms with Crippen LogP contribution in [0.25, 0.3) is 5.57 Å². The van der Waals surface area contributed by atoms with Gasteiger partial charge in [-0.15, -0.1) is 0 Å². The number of benzene rings is 2. The highest BCUT2D eigenvalue weighted by Crippen LogP contribution is 2.43. The fraction of sp³-hybridized carbons (Fsp3) is 0.375. The third kappa shape index (κ3) is 10.7. The van der Waals surface area contributed by atoms with E-state index in [1.807, 2.05) is 27.7 Å². The smallest absolute Gasteiger partial charge is 0.400 e. The first-order valence-electron chi connectivity index (χ1n) is 21.6. The van der Waals surface area contributed by atoms with Crippen LogP contribution in [0.5, 0.6) is 0 Å². The van der Waals surface area contributed by atoms with Gasteiger partial charge in [-0.3, -0.25) is 38.9 Å². The molecule has 0 spiro atoms. The number of carbonyl (C=O) groups is 4. The lowest BCUT2D eigenvalue weighted by Gasteiger charge is -2.32. The summed E-state index contributed by atoms with van der Waals surface area (Å²) in [5, 5.41) is 0. The molecule has 4 amide bonds. The van der Waals surface area contributed by atoms with Crippen LogP contribution in [-0.2, 0) is 22.4 Å². The number of nitrogens with zero attached hydrogens (tertiary/aromatic N) is 4. The number of allylic oxidation sites excluding steroid dienone is 4. The second-order valence-electron chi connectivity index (χ2n) is 17.9. The Bertz CT molecular complexity index is 2620. The van der Waals surface area contributed by atoms with Crippen molar-refractivity contribution in [1.82, 2.24) is 19.8 Å². The third-order valence-corrected chi connectivity index (χ3v) is 13.5. The predicted octanol–water partition coefficient (Wildman–Crippen LogP) is 11.4. The standard InChI is InChI=1S/C21H16F4N2O2.C14H8BrFN2O2.C13H20BF3O2/c22-18-10-26-14(9-17(18)12-5-7-13(8-6-12)21(23,24)25)11-27-19(28)15-3-1-2-4-16(15)20(27)29;15-11-5-8(17-6-12(11)16)7-18-13(19)9-3-1-2-4-10(9)14(18)20;1-11(2)12(3,4)19-14(18-11)10-7-5-9(6-8-10)13(15,16)17/h1-5,9-10,13H,6-8,11H2;1-6H,7H2;7,9H,5-6,8H2,1-4H3. The number of hydrogen-bond acceptors (Lipinski definition) is 8. The van der Waals surface area contributed by atoms with Gasteiger partial charge in [0, 0.05) is 5.56 Å². The molecular weight excluding hydrogens is 971 g/mol. The van der Waals surface area contributed by atoms with Crippen LogP contribution >= 0.6 is 15.9 Å². The average molecular weight is 1020 g/mol. The van der Waals surface area contributed by atoms with E-state index in [4.69, 9.17) is 9.31 Å². The normalized spacial score (nSPS) is 20.8. The zero-order chi connectivity index (χ0) is 49.5. The summed E-state index contributed by atoms with van der Waals surface area (Å²) in [6.07, 6.45) is -2.96. The number of imide groups is 2. The Morgan fingerprint density at radius 1 is 0.632 bits per heavy atom. The van der Waals surface area contributed by atoms with Crippen molar-refractivity contribution in [2.45, 2.75) is 103 Å². The molecule has 0 N–H and O–H groups in total. The van der Waals surface area contributed by atoms with Crippen LogP contribution in [0, 0.1) is 23.5 Å². The number of amides is 4. The van der Waals surface area contributed by atoms with Crippen molar-refractivity contribution < 1.29 is 63.6 Å². The molecule has 358 valence electrons. The number of pyridine rings is 2. The lowest BCUT2D eigenvalue weighted by molar-refractivity contribution is -0.176. The number of aromatic nitrogens is 2. The van der Waals surface area contributed by atoms with Crippen molar-refractivity contribution in [3.05, 3.63) is 146 Å². The molecule has 5 heterocycles. The molecule has 0 bridgehead atoms. The van der Waals surface area contributed by atoms with Gasteiger partial charge in [0.15, 0.2) is 5.82 Å². The maximum Gasteiger partial charge on any atom is 0.490 e. The highest BCUT2D eigenvalue weighted by Gasteiger charge is 2.53. The summed E-state index contributed by atoms with van der Waals surface area (Å²) in [6.45, 7) is 7.64. The molecule has 2 unspecified atom stereocenters. The zero-order valence-electron chi connectivity index (χ0n) is 37.1. The Kier molecular flexibility index (Phi) is 14.4. The van der Waals surface area contributed by atoms with Crippen molar-refractivity contribution in [3.63, 3.8) is 0 Å². The zero-order valence-corrected chi connectivity index (χ0v) is 38.7. The quantitative estimate of drug-likeness (QED) is 0.106. The van der Waals surface area contributed by atoms with Crippen LogP contribution < -0.4 is 0 Å². The van der Waals surface area contributed by atoms with Crippen LogP contribution in [-0.4, -0.2) is 74.1 Å². The van der Waals surface area contributed by atoms with E-state index >= 15 is 0 Å². The van der Waals surface area contributed by atoms with E-state index < -0.39 is 66.0 Å². The molecule has 9 rings (SSSR count). The summed E-state index contributed by atoms with van der Waals surface area (Å²) in [6, 6.07) is 15.9. The first-order valence-corrected chi connectivity index (χ1v) is 22.4. The first kappa shape index (κ1) is 50.3. The molecule has 10 nitrogen and oxygen atoms in total. The minimum atomic E-state index is -4.27. The molecule has 2 atom stereocenters. The summed E-state index contributed by atoms with van der Waals surface area (Å²) < 4.78 is 116. The van der Waals surface area contributed by atoms with E-state index in [1.165, 1.54) is 18.2 Å². The van der Waals surface area contributed by atoms with Gasteiger partial charge in [0.05, 0.1) is 86.6 Å². The summed E-state index contributed by atoms with van der Waals surface area (Å²) in [4.78, 5) is 59.2. The van der Waals surface area contributed by atoms with Gasteiger partial charge in [-0.1, -0.05) is 36.4 Å². The largest absolute Gasteiger partial charge is 0.490 e. The SMILES string of the molecule is CC1(C)OB(C2=CCC(C(F)(F)F)CC2)OC1(C)C.O=C1c2ccccc2C(=O)N1Cc1cc(Br)c(F)cn1.O=C1c2ccccc2C(=O)N1Cc1cc(C2=CCC(C(F)(F)F)CC2)c(F)cn1. The maximum absolute atomic E-state index is 14.3. The monoisotopic (exact) mass is 1010 g/mol. The van der Waals surface area contributed by atoms with Crippen LogP contribution in [0.3, 0.4) is 0 Å². The average Bonchev–Trinajstić information content (AvgIpc) is 3.78. The van der Waals surface area contributed by atoms with Crippen molar-refractivity contribution >= 4 is 52.3 Å². The number of hydrogen-bond donors (Lipinski definition) is 0. The fourth-order valence-electron chi connectivity index (χ4n) is 8.18. The molecule has 1 fully saturated rings. The van der Waals surface area contributed by atoms with Gasteiger partial charge in [0.1, 0.15) is 5.82 Å². The second kappa shape index (κ2) is 19.4. The molecular formula is C48H44BBrF8N4O6. The second-order valence-corrected chi connectivity index (χ2v) is 18.7. The molecule has 5 aliphatic rings. The minimum absolute atomic E-state index is 0.0191. The first-order chi connectivity index (χ1) is 31.9. The molecule has 20 heteroatoms. The Labute approximate surface area is 395 Å². The summed E-state index contributed by atoms with van der Waals surface area (Å²) in [5.74, 6) is -5.40. The van der Waals surface area contributed by atoms with Crippen LogP contribution in [0.2, 0.25) is 0 Å². The Balaban J connectivity index is 0.000000156. The fourth-order valence-corrected chi connectivity index (χ4v) is 8.55. The maximum atomic E-state index is 14.3. The van der Waals surface area contributed by atoms with Crippen molar-refractivity contribution in [2.75, 3.05) is 0 Å². The van der Waals surface area contributed by atoms with E-state index in [0.29, 0.717) is 39.9 Å². The molecule has 1 saturated heterocycles. The topological polar surface area (TPSA) is 119 Å². The van der Waals surface area contributed by atoms with E-state index in [0.717, 1.165) is 27.7 Å². The van der Waals surface area contributed by atoms with Crippen LogP contribution in [0.1, 0.15) is 125 Å². The van der Waals surface area contributed by atoms with Gasteiger partial charge < -0.3 is 9.31 Å². The van der Waals surface area contributed by atoms with Gasteiger partial charge in [-0.05, 0) is 130 Å².